The maximum absolute atomic E-state index is 12.5. The molecule has 2 N–H and O–H groups in total. The van der Waals surface area contributed by atoms with Gasteiger partial charge in [-0.3, -0.25) is 4.79 Å². The molecule has 3 unspecified atom stereocenters. The number of benzene rings is 1. The molecular formula is C17H25ClN2O2. The number of hydrogen-bond acceptors (Lipinski definition) is 3. The normalized spacial score (nSPS) is 27.0. The highest BCUT2D eigenvalue weighted by molar-refractivity contribution is 5.85. The molecule has 1 amide bonds. The van der Waals surface area contributed by atoms with Crippen LogP contribution in [-0.4, -0.2) is 37.0 Å². The number of halogens is 1. The second-order valence-electron chi connectivity index (χ2n) is 6.34. The zero-order valence-corrected chi connectivity index (χ0v) is 13.8. The molecular weight excluding hydrogens is 300 g/mol. The average Bonchev–Trinajstić information content (AvgIpc) is 2.94. The highest BCUT2D eigenvalue weighted by atomic mass is 35.5. The van der Waals surface area contributed by atoms with Gasteiger partial charge in [-0.15, -0.1) is 12.4 Å². The van der Waals surface area contributed by atoms with Gasteiger partial charge in [0, 0.05) is 19.1 Å². The van der Waals surface area contributed by atoms with Crippen LogP contribution in [0, 0.1) is 11.8 Å². The fourth-order valence-electron chi connectivity index (χ4n) is 3.75. The molecule has 2 aliphatic rings. The molecule has 0 aromatic heterocycles. The van der Waals surface area contributed by atoms with Crippen molar-refractivity contribution in [2.24, 2.45) is 17.6 Å². The third kappa shape index (κ3) is 3.55. The van der Waals surface area contributed by atoms with Crippen LogP contribution >= 0.6 is 12.4 Å². The first kappa shape index (κ1) is 17.1. The number of carbonyl (C=O) groups excluding carboxylic acids is 1. The number of nitrogens with zero attached hydrogens (tertiary/aromatic N) is 1. The second-order valence-corrected chi connectivity index (χ2v) is 6.34. The van der Waals surface area contributed by atoms with E-state index in [0.717, 1.165) is 30.8 Å². The van der Waals surface area contributed by atoms with E-state index >= 15 is 0 Å². The van der Waals surface area contributed by atoms with Crippen LogP contribution in [-0.2, 0) is 11.2 Å². The summed E-state index contributed by atoms with van der Waals surface area (Å²) in [5.74, 6) is 2.18. The Morgan fingerprint density at radius 1 is 1.27 bits per heavy atom. The van der Waals surface area contributed by atoms with Crippen LogP contribution in [0.25, 0.3) is 0 Å². The smallest absolute Gasteiger partial charge is 0.227 e. The van der Waals surface area contributed by atoms with Crippen LogP contribution in [0.3, 0.4) is 0 Å². The summed E-state index contributed by atoms with van der Waals surface area (Å²) in [4.78, 5) is 14.5. The molecule has 1 aromatic carbocycles. The number of likely N-dealkylation sites (tertiary alicyclic amines) is 1. The van der Waals surface area contributed by atoms with Crippen molar-refractivity contribution in [3.8, 4) is 5.75 Å². The lowest BCUT2D eigenvalue weighted by atomic mass is 9.78. The van der Waals surface area contributed by atoms with Gasteiger partial charge in [-0.1, -0.05) is 18.6 Å². The summed E-state index contributed by atoms with van der Waals surface area (Å²) in [6, 6.07) is 8.02. The number of hydrogen-bond donors (Lipinski definition) is 1. The Bertz CT molecular complexity index is 506. The van der Waals surface area contributed by atoms with Crippen molar-refractivity contribution in [3.05, 3.63) is 29.8 Å². The van der Waals surface area contributed by atoms with Gasteiger partial charge in [0.25, 0.3) is 0 Å². The molecule has 5 heteroatoms. The van der Waals surface area contributed by atoms with E-state index in [9.17, 15) is 4.79 Å². The standard InChI is InChI=1S/C17H24N2O2.ClH/c1-21-14-7-5-12(6-8-14)9-17(20)19-10-13-3-2-4-16(18)15(13)11-19;/h5-8,13,15-16H,2-4,9-11,18H2,1H3;1H. The Morgan fingerprint density at radius 2 is 2.00 bits per heavy atom. The number of amides is 1. The van der Waals surface area contributed by atoms with Gasteiger partial charge >= 0.3 is 0 Å². The van der Waals surface area contributed by atoms with Gasteiger partial charge in [-0.05, 0) is 42.4 Å². The Hall–Kier alpha value is -1.26. The first-order valence-electron chi connectivity index (χ1n) is 7.83. The summed E-state index contributed by atoms with van der Waals surface area (Å²) in [5, 5.41) is 0. The van der Waals surface area contributed by atoms with Crippen molar-refractivity contribution in [3.63, 3.8) is 0 Å². The van der Waals surface area contributed by atoms with Crippen LogP contribution in [0.5, 0.6) is 5.75 Å². The van der Waals surface area contributed by atoms with Crippen LogP contribution in [0.4, 0.5) is 0 Å². The Kier molecular flexibility index (Phi) is 5.70. The van der Waals surface area contributed by atoms with Gasteiger partial charge in [0.15, 0.2) is 0 Å². The van der Waals surface area contributed by atoms with Crippen molar-refractivity contribution in [2.75, 3.05) is 20.2 Å². The summed E-state index contributed by atoms with van der Waals surface area (Å²) in [7, 11) is 1.65. The molecule has 1 saturated carbocycles. The SMILES string of the molecule is COc1ccc(CC(=O)N2CC3CCCC(N)C3C2)cc1.Cl. The average molecular weight is 325 g/mol. The van der Waals surface area contributed by atoms with E-state index in [-0.39, 0.29) is 24.4 Å². The zero-order chi connectivity index (χ0) is 14.8. The van der Waals surface area contributed by atoms with Gasteiger partial charge in [0.1, 0.15) is 5.75 Å². The van der Waals surface area contributed by atoms with Crippen molar-refractivity contribution in [1.29, 1.82) is 0 Å². The van der Waals surface area contributed by atoms with Gasteiger partial charge in [-0.25, -0.2) is 0 Å². The maximum atomic E-state index is 12.5. The molecule has 3 atom stereocenters. The van der Waals surface area contributed by atoms with E-state index in [4.69, 9.17) is 10.5 Å². The summed E-state index contributed by atoms with van der Waals surface area (Å²) < 4.78 is 5.14. The van der Waals surface area contributed by atoms with Crippen molar-refractivity contribution >= 4 is 18.3 Å². The molecule has 22 heavy (non-hydrogen) atoms. The third-order valence-corrected chi connectivity index (χ3v) is 5.02. The highest BCUT2D eigenvalue weighted by Gasteiger charge is 2.40. The second kappa shape index (κ2) is 7.34. The third-order valence-electron chi connectivity index (χ3n) is 5.02. The van der Waals surface area contributed by atoms with E-state index in [0.29, 0.717) is 18.3 Å². The molecule has 2 fully saturated rings. The minimum Gasteiger partial charge on any atom is -0.497 e. The van der Waals surface area contributed by atoms with Gasteiger partial charge in [0.2, 0.25) is 5.91 Å². The Morgan fingerprint density at radius 3 is 2.64 bits per heavy atom. The lowest BCUT2D eigenvalue weighted by Gasteiger charge is -2.29. The monoisotopic (exact) mass is 324 g/mol. The predicted octanol–water partition coefficient (Wildman–Crippen LogP) is 2.25. The molecule has 0 bridgehead atoms. The molecule has 4 nitrogen and oxygen atoms in total. The first-order valence-corrected chi connectivity index (χ1v) is 7.83. The quantitative estimate of drug-likeness (QED) is 0.927. The van der Waals surface area contributed by atoms with E-state index < -0.39 is 0 Å². The molecule has 0 spiro atoms. The lowest BCUT2D eigenvalue weighted by Crippen LogP contribution is -2.38. The molecule has 122 valence electrons. The largest absolute Gasteiger partial charge is 0.497 e. The van der Waals surface area contributed by atoms with E-state index in [1.54, 1.807) is 7.11 Å². The number of fused-ring (bicyclic) bond motifs is 1. The number of rotatable bonds is 3. The highest BCUT2D eigenvalue weighted by Crippen LogP contribution is 2.35. The number of nitrogens with two attached hydrogens (primary N) is 1. The van der Waals surface area contributed by atoms with Gasteiger partial charge < -0.3 is 15.4 Å². The Labute approximate surface area is 138 Å². The Balaban J connectivity index is 0.00000176. The first-order chi connectivity index (χ1) is 10.2. The number of carbonyl (C=O) groups is 1. The molecule has 1 aromatic rings. The minimum absolute atomic E-state index is 0. The molecule has 1 saturated heterocycles. The molecule has 1 heterocycles. The fourth-order valence-corrected chi connectivity index (χ4v) is 3.75. The van der Waals surface area contributed by atoms with Crippen LogP contribution < -0.4 is 10.5 Å². The summed E-state index contributed by atoms with van der Waals surface area (Å²) in [5.41, 5.74) is 7.26. The van der Waals surface area contributed by atoms with Crippen molar-refractivity contribution in [2.45, 2.75) is 31.7 Å². The van der Waals surface area contributed by atoms with E-state index in [1.165, 1.54) is 12.8 Å². The minimum atomic E-state index is 0. The van der Waals surface area contributed by atoms with E-state index in [1.807, 2.05) is 29.2 Å². The van der Waals surface area contributed by atoms with Gasteiger partial charge in [-0.2, -0.15) is 0 Å². The molecule has 3 rings (SSSR count). The van der Waals surface area contributed by atoms with Crippen molar-refractivity contribution < 1.29 is 9.53 Å². The maximum Gasteiger partial charge on any atom is 0.227 e. The fraction of sp³-hybridized carbons (Fsp3) is 0.588. The summed E-state index contributed by atoms with van der Waals surface area (Å²) in [6.45, 7) is 1.74. The molecule has 0 radical (unpaired) electrons. The van der Waals surface area contributed by atoms with Crippen LogP contribution in [0.2, 0.25) is 0 Å². The van der Waals surface area contributed by atoms with E-state index in [2.05, 4.69) is 0 Å². The number of ether oxygens (including phenoxy) is 1. The predicted molar refractivity (Wildman–Crippen MR) is 89.3 cm³/mol. The van der Waals surface area contributed by atoms with Crippen molar-refractivity contribution in [1.82, 2.24) is 4.90 Å². The summed E-state index contributed by atoms with van der Waals surface area (Å²) in [6.07, 6.45) is 4.02. The van der Waals surface area contributed by atoms with Gasteiger partial charge in [0.05, 0.1) is 13.5 Å². The van der Waals surface area contributed by atoms with Crippen LogP contribution in [0.15, 0.2) is 24.3 Å². The zero-order valence-electron chi connectivity index (χ0n) is 13.0. The molecule has 1 aliphatic carbocycles. The lowest BCUT2D eigenvalue weighted by molar-refractivity contribution is -0.129. The topological polar surface area (TPSA) is 55.6 Å². The molecule has 1 aliphatic heterocycles. The number of methoxy groups -OCH3 is 1. The van der Waals surface area contributed by atoms with Crippen LogP contribution in [0.1, 0.15) is 24.8 Å². The summed E-state index contributed by atoms with van der Waals surface area (Å²) >= 11 is 0.